The first-order valence-electron chi connectivity index (χ1n) is 6.07. The molecule has 4 nitrogen and oxygen atoms in total. The van der Waals surface area contributed by atoms with Crippen molar-refractivity contribution in [2.24, 2.45) is 10.8 Å². The number of rotatable bonds is 2. The van der Waals surface area contributed by atoms with E-state index >= 15 is 0 Å². The molecule has 18 heavy (non-hydrogen) atoms. The second kappa shape index (κ2) is 4.19. The Bertz CT molecular complexity index is 406. The first-order chi connectivity index (χ1) is 7.86. The van der Waals surface area contributed by atoms with Crippen molar-refractivity contribution >= 4 is 11.6 Å². The zero-order chi connectivity index (χ0) is 14.4. The molecule has 102 valence electrons. The lowest BCUT2D eigenvalue weighted by molar-refractivity contribution is -0.187. The molecule has 0 aromatic carbocycles. The number of allylic oxidation sites excluding steroid dienone is 1. The van der Waals surface area contributed by atoms with Crippen LogP contribution in [0.15, 0.2) is 11.8 Å². The van der Waals surface area contributed by atoms with Crippen LogP contribution >= 0.6 is 0 Å². The third kappa shape index (κ3) is 2.99. The normalized spacial score (nSPS) is 24.8. The van der Waals surface area contributed by atoms with Gasteiger partial charge < -0.3 is 9.84 Å². The molecular formula is C14H22O4. The van der Waals surface area contributed by atoms with Crippen LogP contribution in [0.4, 0.5) is 0 Å². The van der Waals surface area contributed by atoms with Crippen LogP contribution in [-0.2, 0) is 14.3 Å². The smallest absolute Gasteiger partial charge is 0.278 e. The van der Waals surface area contributed by atoms with Gasteiger partial charge in [-0.3, -0.25) is 9.59 Å². The summed E-state index contributed by atoms with van der Waals surface area (Å²) in [6, 6.07) is 0. The summed E-state index contributed by atoms with van der Waals surface area (Å²) in [4.78, 5) is 23.7. The monoisotopic (exact) mass is 254 g/mol. The van der Waals surface area contributed by atoms with E-state index in [1.54, 1.807) is 20.8 Å². The lowest BCUT2D eigenvalue weighted by Gasteiger charge is -2.28. The van der Waals surface area contributed by atoms with Gasteiger partial charge in [0.1, 0.15) is 11.5 Å². The number of ketones is 2. The molecule has 0 aliphatic carbocycles. The molecule has 1 atom stereocenters. The van der Waals surface area contributed by atoms with Gasteiger partial charge in [-0.1, -0.05) is 41.5 Å². The fourth-order valence-corrected chi connectivity index (χ4v) is 1.47. The molecule has 0 bridgehead atoms. The molecule has 1 unspecified atom stereocenters. The molecule has 4 heteroatoms. The van der Waals surface area contributed by atoms with Crippen LogP contribution in [0, 0.1) is 10.8 Å². The molecule has 1 aliphatic heterocycles. The van der Waals surface area contributed by atoms with Crippen molar-refractivity contribution in [2.45, 2.75) is 53.8 Å². The van der Waals surface area contributed by atoms with E-state index in [0.717, 1.165) is 0 Å². The molecule has 0 spiro atoms. The number of ether oxygens (including phenoxy) is 1. The summed E-state index contributed by atoms with van der Waals surface area (Å²) >= 11 is 0. The van der Waals surface area contributed by atoms with Crippen molar-refractivity contribution in [3.05, 3.63) is 11.8 Å². The van der Waals surface area contributed by atoms with E-state index in [1.807, 2.05) is 20.8 Å². The Morgan fingerprint density at radius 3 is 2.11 bits per heavy atom. The minimum absolute atomic E-state index is 0.207. The highest BCUT2D eigenvalue weighted by Gasteiger charge is 2.48. The minimum Gasteiger partial charge on any atom is -0.458 e. The molecule has 0 saturated heterocycles. The maximum atomic E-state index is 11.9. The van der Waals surface area contributed by atoms with Crippen LogP contribution in [0.25, 0.3) is 0 Å². The molecule has 0 radical (unpaired) electrons. The predicted molar refractivity (Wildman–Crippen MR) is 67.7 cm³/mol. The lowest BCUT2D eigenvalue weighted by atomic mass is 9.86. The molecule has 1 N–H and O–H groups in total. The fraction of sp³-hybridized carbons (Fsp3) is 0.714. The van der Waals surface area contributed by atoms with Crippen LogP contribution < -0.4 is 0 Å². The second-order valence-electron chi connectivity index (χ2n) is 6.86. The predicted octanol–water partition coefficient (Wildman–Crippen LogP) is 2.21. The van der Waals surface area contributed by atoms with Crippen LogP contribution in [0.5, 0.6) is 0 Å². The first kappa shape index (κ1) is 14.9. The maximum Gasteiger partial charge on any atom is 0.278 e. The van der Waals surface area contributed by atoms with Crippen molar-refractivity contribution in [1.82, 2.24) is 0 Å². The van der Waals surface area contributed by atoms with Crippen LogP contribution in [0.2, 0.25) is 0 Å². The topological polar surface area (TPSA) is 63.6 Å². The van der Waals surface area contributed by atoms with E-state index in [4.69, 9.17) is 4.74 Å². The van der Waals surface area contributed by atoms with Crippen LogP contribution in [-0.4, -0.2) is 22.5 Å². The SMILES string of the molecule is CC(C)(C)C(=O)CC1(O)OC(C(C)(C)C)=CC1=O. The van der Waals surface area contributed by atoms with Gasteiger partial charge in [-0.2, -0.15) is 0 Å². The average molecular weight is 254 g/mol. The van der Waals surface area contributed by atoms with Gasteiger partial charge in [-0.05, 0) is 0 Å². The van der Waals surface area contributed by atoms with E-state index in [2.05, 4.69) is 0 Å². The maximum absolute atomic E-state index is 11.9. The molecule has 0 aromatic heterocycles. The summed E-state index contributed by atoms with van der Waals surface area (Å²) in [5, 5.41) is 10.2. The Morgan fingerprint density at radius 1 is 1.28 bits per heavy atom. The molecule has 0 amide bonds. The fourth-order valence-electron chi connectivity index (χ4n) is 1.47. The Kier molecular flexibility index (Phi) is 3.47. The highest BCUT2D eigenvalue weighted by atomic mass is 16.6. The largest absolute Gasteiger partial charge is 0.458 e. The number of aliphatic hydroxyl groups is 1. The van der Waals surface area contributed by atoms with E-state index in [-0.39, 0.29) is 17.6 Å². The Morgan fingerprint density at radius 2 is 1.78 bits per heavy atom. The van der Waals surface area contributed by atoms with Crippen LogP contribution in [0.3, 0.4) is 0 Å². The number of carbonyl (C=O) groups is 2. The van der Waals surface area contributed by atoms with E-state index in [0.29, 0.717) is 5.76 Å². The molecule has 0 saturated carbocycles. The number of hydrogen-bond acceptors (Lipinski definition) is 4. The summed E-state index contributed by atoms with van der Waals surface area (Å²) < 4.78 is 5.34. The summed E-state index contributed by atoms with van der Waals surface area (Å²) in [5.74, 6) is -2.36. The van der Waals surface area contributed by atoms with E-state index < -0.39 is 17.0 Å². The zero-order valence-corrected chi connectivity index (χ0v) is 12.0. The van der Waals surface area contributed by atoms with E-state index in [1.165, 1.54) is 6.08 Å². The van der Waals surface area contributed by atoms with E-state index in [9.17, 15) is 14.7 Å². The summed E-state index contributed by atoms with van der Waals surface area (Å²) in [5.41, 5.74) is -0.977. The third-order valence-electron chi connectivity index (χ3n) is 2.90. The molecule has 1 rings (SSSR count). The first-order valence-corrected chi connectivity index (χ1v) is 6.07. The number of carbonyl (C=O) groups excluding carboxylic acids is 2. The van der Waals surface area contributed by atoms with Crippen molar-refractivity contribution in [2.75, 3.05) is 0 Å². The summed E-state index contributed by atoms with van der Waals surface area (Å²) in [6.45, 7) is 10.9. The lowest BCUT2D eigenvalue weighted by Crippen LogP contribution is -2.41. The number of Topliss-reactive ketones (excluding diaryl/α,β-unsaturated/α-hetero) is 1. The molecule has 0 aromatic rings. The van der Waals surface area contributed by atoms with Crippen molar-refractivity contribution in [3.63, 3.8) is 0 Å². The van der Waals surface area contributed by atoms with Crippen molar-refractivity contribution in [3.8, 4) is 0 Å². The van der Waals surface area contributed by atoms with Crippen molar-refractivity contribution < 1.29 is 19.4 Å². The zero-order valence-electron chi connectivity index (χ0n) is 12.0. The second-order valence-corrected chi connectivity index (χ2v) is 6.86. The summed E-state index contributed by atoms with van der Waals surface area (Å²) in [7, 11) is 0. The van der Waals surface area contributed by atoms with Gasteiger partial charge in [0.2, 0.25) is 5.78 Å². The molecular weight excluding hydrogens is 232 g/mol. The Labute approximate surface area is 108 Å². The third-order valence-corrected chi connectivity index (χ3v) is 2.90. The van der Waals surface area contributed by atoms with Gasteiger partial charge in [0.25, 0.3) is 5.79 Å². The van der Waals surface area contributed by atoms with Crippen molar-refractivity contribution in [1.29, 1.82) is 0 Å². The van der Waals surface area contributed by atoms with Gasteiger partial charge >= 0.3 is 0 Å². The highest BCUT2D eigenvalue weighted by Crippen LogP contribution is 2.37. The highest BCUT2D eigenvalue weighted by molar-refractivity contribution is 6.01. The quantitative estimate of drug-likeness (QED) is 0.820. The van der Waals surface area contributed by atoms with Gasteiger partial charge in [0, 0.05) is 16.9 Å². The molecule has 1 aliphatic rings. The average Bonchev–Trinajstić information content (AvgIpc) is 2.40. The molecule has 1 heterocycles. The van der Waals surface area contributed by atoms with Gasteiger partial charge in [0.05, 0.1) is 6.42 Å². The minimum atomic E-state index is -2.02. The standard InChI is InChI=1S/C14H22O4/c1-12(2,3)10(16)8-14(17)9(15)7-11(18-14)13(4,5)6/h7,17H,8H2,1-6H3. The number of hydrogen-bond donors (Lipinski definition) is 1. The molecule has 0 fully saturated rings. The Hall–Kier alpha value is -1.16. The Balaban J connectivity index is 2.88. The van der Waals surface area contributed by atoms with Gasteiger partial charge in [-0.15, -0.1) is 0 Å². The summed E-state index contributed by atoms with van der Waals surface area (Å²) in [6.07, 6.45) is 0.974. The van der Waals surface area contributed by atoms with Gasteiger partial charge in [-0.25, -0.2) is 0 Å². The van der Waals surface area contributed by atoms with Gasteiger partial charge in [0.15, 0.2) is 0 Å². The van der Waals surface area contributed by atoms with Crippen LogP contribution in [0.1, 0.15) is 48.0 Å².